The Morgan fingerprint density at radius 3 is 2.61 bits per heavy atom. The number of hydrogen-bond acceptors (Lipinski definition) is 5. The fourth-order valence-corrected chi connectivity index (χ4v) is 4.06. The van der Waals surface area contributed by atoms with Crippen LogP contribution in [0.5, 0.6) is 0 Å². The molecule has 0 unspecified atom stereocenters. The van der Waals surface area contributed by atoms with Gasteiger partial charge in [0, 0.05) is 16.3 Å². The van der Waals surface area contributed by atoms with E-state index < -0.39 is 0 Å². The molecule has 1 heterocycles. The van der Waals surface area contributed by atoms with Crippen molar-refractivity contribution in [1.29, 1.82) is 0 Å². The Bertz CT molecular complexity index is 1260. The van der Waals surface area contributed by atoms with E-state index in [9.17, 15) is 4.79 Å². The monoisotopic (exact) mass is 475 g/mol. The first kappa shape index (κ1) is 22.8. The zero-order valence-electron chi connectivity index (χ0n) is 18.0. The van der Waals surface area contributed by atoms with Crippen molar-refractivity contribution in [1.82, 2.24) is 20.2 Å². The number of carbonyl (C=O) groups excluding carboxylic acids is 1. The summed E-state index contributed by atoms with van der Waals surface area (Å²) in [5, 5.41) is 14.1. The highest BCUT2D eigenvalue weighted by atomic mass is 35.5. The molecular weight excluding hydrogens is 454 g/mol. The Labute approximate surface area is 201 Å². The number of hydrazone groups is 1. The molecule has 6 nitrogen and oxygen atoms in total. The maximum Gasteiger partial charge on any atom is 0.250 e. The number of hydrogen-bond donors (Lipinski definition) is 1. The number of aryl methyl sites for hydroxylation is 1. The highest BCUT2D eigenvalue weighted by Gasteiger charge is 2.17. The molecule has 0 radical (unpaired) electrons. The summed E-state index contributed by atoms with van der Waals surface area (Å²) in [5.41, 5.74) is 6.53. The minimum Gasteiger partial charge on any atom is -0.272 e. The van der Waals surface area contributed by atoms with Crippen LogP contribution in [0.1, 0.15) is 18.1 Å². The summed E-state index contributed by atoms with van der Waals surface area (Å²) < 4.78 is 1.93. The first-order valence-electron chi connectivity index (χ1n) is 10.4. The summed E-state index contributed by atoms with van der Waals surface area (Å²) in [6, 6.07) is 25.3. The number of benzene rings is 3. The van der Waals surface area contributed by atoms with Crippen LogP contribution < -0.4 is 5.43 Å². The molecule has 1 amide bonds. The van der Waals surface area contributed by atoms with Crippen molar-refractivity contribution >= 4 is 35.5 Å². The van der Waals surface area contributed by atoms with Crippen molar-refractivity contribution in [2.24, 2.45) is 5.10 Å². The number of amides is 1. The second kappa shape index (κ2) is 10.9. The van der Waals surface area contributed by atoms with Crippen LogP contribution in [0.2, 0.25) is 5.02 Å². The van der Waals surface area contributed by atoms with Crippen LogP contribution in [-0.2, 0) is 11.2 Å². The molecule has 0 aliphatic carbocycles. The zero-order chi connectivity index (χ0) is 23.0. The summed E-state index contributed by atoms with van der Waals surface area (Å²) in [6.07, 6.45) is 2.59. The van der Waals surface area contributed by atoms with Crippen molar-refractivity contribution < 1.29 is 4.79 Å². The Kier molecular flexibility index (Phi) is 7.55. The number of halogens is 1. The summed E-state index contributed by atoms with van der Waals surface area (Å²) >= 11 is 7.34. The van der Waals surface area contributed by atoms with Gasteiger partial charge in [0.05, 0.1) is 12.0 Å². The molecular formula is C25H22ClN5OS. The van der Waals surface area contributed by atoms with E-state index in [1.165, 1.54) is 17.3 Å². The molecule has 0 aliphatic rings. The third-order valence-corrected chi connectivity index (χ3v) is 6.03. The van der Waals surface area contributed by atoms with Gasteiger partial charge in [0.1, 0.15) is 0 Å². The summed E-state index contributed by atoms with van der Waals surface area (Å²) in [6.45, 7) is 2.10. The maximum absolute atomic E-state index is 12.4. The minimum absolute atomic E-state index is 0.151. The number of rotatable bonds is 8. The fraction of sp³-hybridized carbons (Fsp3) is 0.120. The van der Waals surface area contributed by atoms with Gasteiger partial charge in [-0.3, -0.25) is 9.36 Å². The third-order valence-electron chi connectivity index (χ3n) is 4.84. The van der Waals surface area contributed by atoms with Gasteiger partial charge in [-0.2, -0.15) is 5.10 Å². The van der Waals surface area contributed by atoms with E-state index >= 15 is 0 Å². The van der Waals surface area contributed by atoms with Crippen LogP contribution in [0.15, 0.2) is 89.1 Å². The number of aromatic nitrogens is 3. The quantitative estimate of drug-likeness (QED) is 0.210. The van der Waals surface area contributed by atoms with E-state index in [2.05, 4.69) is 33.7 Å². The van der Waals surface area contributed by atoms with Crippen molar-refractivity contribution in [2.45, 2.75) is 18.5 Å². The smallest absolute Gasteiger partial charge is 0.250 e. The van der Waals surface area contributed by atoms with Crippen LogP contribution in [0.3, 0.4) is 0 Å². The molecule has 1 aromatic heterocycles. The number of nitrogens with one attached hydrogen (secondary N) is 1. The van der Waals surface area contributed by atoms with Crippen molar-refractivity contribution in [2.75, 3.05) is 5.75 Å². The lowest BCUT2D eigenvalue weighted by atomic mass is 10.1. The number of nitrogens with zero attached hydrogens (tertiary/aromatic N) is 4. The molecule has 0 bridgehead atoms. The zero-order valence-corrected chi connectivity index (χ0v) is 19.6. The van der Waals surface area contributed by atoms with Crippen LogP contribution in [0.4, 0.5) is 0 Å². The topological polar surface area (TPSA) is 72.2 Å². The lowest BCUT2D eigenvalue weighted by Crippen LogP contribution is -2.20. The van der Waals surface area contributed by atoms with Gasteiger partial charge in [0.25, 0.3) is 5.91 Å². The molecule has 8 heteroatoms. The predicted octanol–water partition coefficient (Wildman–Crippen LogP) is 5.39. The van der Waals surface area contributed by atoms with Crippen molar-refractivity contribution in [3.05, 3.63) is 95.0 Å². The third kappa shape index (κ3) is 5.88. The second-order valence-electron chi connectivity index (χ2n) is 7.16. The van der Waals surface area contributed by atoms with Crippen LogP contribution in [-0.4, -0.2) is 32.6 Å². The summed E-state index contributed by atoms with van der Waals surface area (Å²) in [5.74, 6) is 0.603. The maximum atomic E-state index is 12.4. The largest absolute Gasteiger partial charge is 0.272 e. The summed E-state index contributed by atoms with van der Waals surface area (Å²) in [7, 11) is 0. The minimum atomic E-state index is -0.224. The van der Waals surface area contributed by atoms with Crippen LogP contribution >= 0.6 is 23.4 Å². The van der Waals surface area contributed by atoms with Gasteiger partial charge in [-0.1, -0.05) is 72.8 Å². The molecule has 4 rings (SSSR count). The Hall–Kier alpha value is -3.42. The fourth-order valence-electron chi connectivity index (χ4n) is 3.19. The number of carbonyl (C=O) groups is 1. The highest BCUT2D eigenvalue weighted by Crippen LogP contribution is 2.28. The van der Waals surface area contributed by atoms with E-state index in [-0.39, 0.29) is 11.7 Å². The van der Waals surface area contributed by atoms with Gasteiger partial charge in [0.2, 0.25) is 0 Å². The Morgan fingerprint density at radius 1 is 1.06 bits per heavy atom. The van der Waals surface area contributed by atoms with Gasteiger partial charge in [-0.05, 0) is 53.9 Å². The van der Waals surface area contributed by atoms with Gasteiger partial charge < -0.3 is 0 Å². The summed E-state index contributed by atoms with van der Waals surface area (Å²) in [4.78, 5) is 12.4. The van der Waals surface area contributed by atoms with E-state index in [1.807, 2.05) is 77.4 Å². The van der Waals surface area contributed by atoms with E-state index in [4.69, 9.17) is 11.6 Å². The van der Waals surface area contributed by atoms with Gasteiger partial charge in [-0.25, -0.2) is 5.43 Å². The molecule has 0 saturated heterocycles. The Balaban J connectivity index is 1.48. The lowest BCUT2D eigenvalue weighted by molar-refractivity contribution is -0.118. The Morgan fingerprint density at radius 2 is 1.85 bits per heavy atom. The van der Waals surface area contributed by atoms with Crippen molar-refractivity contribution in [3.63, 3.8) is 0 Å². The van der Waals surface area contributed by atoms with Gasteiger partial charge in [-0.15, -0.1) is 10.2 Å². The molecule has 0 fully saturated rings. The lowest BCUT2D eigenvalue weighted by Gasteiger charge is -2.10. The number of para-hydroxylation sites is 1. The van der Waals surface area contributed by atoms with E-state index in [1.54, 1.807) is 6.21 Å². The average Bonchev–Trinajstić information content (AvgIpc) is 3.28. The SMILES string of the molecule is CCc1cccc(/C=N/NC(=O)CSc2nnc(-c3ccc(Cl)cc3)n2-c2ccccc2)c1. The van der Waals surface area contributed by atoms with Gasteiger partial charge >= 0.3 is 0 Å². The molecule has 0 spiro atoms. The average molecular weight is 476 g/mol. The van der Waals surface area contributed by atoms with Crippen molar-refractivity contribution in [3.8, 4) is 17.1 Å². The predicted molar refractivity (Wildman–Crippen MR) is 134 cm³/mol. The standard InChI is InChI=1S/C25H22ClN5OS/c1-2-18-7-6-8-19(15-18)16-27-28-23(32)17-33-25-30-29-24(20-11-13-21(26)14-12-20)31(25)22-9-4-3-5-10-22/h3-16H,2,17H2,1H3,(H,28,32)/b27-16+. The molecule has 4 aromatic rings. The van der Waals surface area contributed by atoms with E-state index in [0.717, 1.165) is 23.2 Å². The van der Waals surface area contributed by atoms with E-state index in [0.29, 0.717) is 16.0 Å². The first-order valence-corrected chi connectivity index (χ1v) is 11.8. The number of thioether (sulfide) groups is 1. The molecule has 166 valence electrons. The highest BCUT2D eigenvalue weighted by molar-refractivity contribution is 7.99. The van der Waals surface area contributed by atoms with Crippen LogP contribution in [0, 0.1) is 0 Å². The molecule has 0 saturated carbocycles. The first-order chi connectivity index (χ1) is 16.1. The van der Waals surface area contributed by atoms with Gasteiger partial charge in [0.15, 0.2) is 11.0 Å². The normalized spacial score (nSPS) is 11.1. The molecule has 0 atom stereocenters. The van der Waals surface area contributed by atoms with Crippen LogP contribution in [0.25, 0.3) is 17.1 Å². The molecule has 0 aliphatic heterocycles. The molecule has 1 N–H and O–H groups in total. The second-order valence-corrected chi connectivity index (χ2v) is 8.54. The molecule has 33 heavy (non-hydrogen) atoms. The molecule has 3 aromatic carbocycles.